The van der Waals surface area contributed by atoms with Crippen LogP contribution in [0.5, 0.6) is 0 Å². The molecule has 1 aromatic carbocycles. The van der Waals surface area contributed by atoms with Crippen LogP contribution in [-0.2, 0) is 9.53 Å². The third kappa shape index (κ3) is 4.34. The van der Waals surface area contributed by atoms with Gasteiger partial charge < -0.3 is 9.64 Å². The Hall–Kier alpha value is -1.37. The van der Waals surface area contributed by atoms with Gasteiger partial charge in [0.1, 0.15) is 4.32 Å². The Morgan fingerprint density at radius 1 is 1.26 bits per heavy atom. The van der Waals surface area contributed by atoms with Crippen LogP contribution in [0.15, 0.2) is 29.2 Å². The van der Waals surface area contributed by atoms with Crippen molar-refractivity contribution in [1.82, 2.24) is 4.90 Å². The number of carbonyl (C=O) groups excluding carboxylic acids is 1. The summed E-state index contributed by atoms with van der Waals surface area (Å²) in [5.74, 6) is -0.0372. The summed E-state index contributed by atoms with van der Waals surface area (Å²) in [6.07, 6.45) is 1.90. The largest absolute Gasteiger partial charge is 0.383 e. The molecule has 1 aliphatic heterocycles. The zero-order valence-corrected chi connectivity index (χ0v) is 15.4. The lowest BCUT2D eigenvalue weighted by Crippen LogP contribution is -2.31. The minimum Gasteiger partial charge on any atom is -0.383 e. The Balaban J connectivity index is 2.13. The van der Waals surface area contributed by atoms with Crippen LogP contribution in [0.3, 0.4) is 0 Å². The van der Waals surface area contributed by atoms with Crippen LogP contribution in [0.25, 0.3) is 6.08 Å². The maximum atomic E-state index is 12.4. The highest BCUT2D eigenvalue weighted by Gasteiger charge is 2.31. The van der Waals surface area contributed by atoms with Gasteiger partial charge in [0.15, 0.2) is 0 Å². The molecule has 2 rings (SSSR count). The molecule has 0 atom stereocenters. The molecule has 4 nitrogen and oxygen atoms in total. The number of anilines is 1. The van der Waals surface area contributed by atoms with Crippen LogP contribution in [0.4, 0.5) is 5.69 Å². The molecule has 0 spiro atoms. The number of thioether (sulfide) groups is 1. The fourth-order valence-corrected chi connectivity index (χ4v) is 3.71. The van der Waals surface area contributed by atoms with E-state index in [9.17, 15) is 4.79 Å². The molecule has 0 unspecified atom stereocenters. The van der Waals surface area contributed by atoms with E-state index in [0.717, 1.165) is 18.7 Å². The van der Waals surface area contributed by atoms with Gasteiger partial charge in [-0.1, -0.05) is 36.1 Å². The SMILES string of the molecule is CCN(CC)c1ccc(C=C2SC(=S)N(CCOC)C2=O)cc1. The normalized spacial score (nSPS) is 16.5. The van der Waals surface area contributed by atoms with Crippen molar-refractivity contribution in [2.45, 2.75) is 13.8 Å². The topological polar surface area (TPSA) is 32.8 Å². The van der Waals surface area contributed by atoms with Crippen molar-refractivity contribution in [3.05, 3.63) is 34.7 Å². The van der Waals surface area contributed by atoms with Crippen molar-refractivity contribution in [2.75, 3.05) is 38.3 Å². The highest BCUT2D eigenvalue weighted by atomic mass is 32.2. The summed E-state index contributed by atoms with van der Waals surface area (Å²) in [6, 6.07) is 8.25. The molecule has 23 heavy (non-hydrogen) atoms. The van der Waals surface area contributed by atoms with Crippen LogP contribution in [0.2, 0.25) is 0 Å². The molecule has 124 valence electrons. The highest BCUT2D eigenvalue weighted by molar-refractivity contribution is 8.26. The van der Waals surface area contributed by atoms with Crippen molar-refractivity contribution in [1.29, 1.82) is 0 Å². The Labute approximate surface area is 147 Å². The third-order valence-corrected chi connectivity index (χ3v) is 5.09. The molecule has 1 saturated heterocycles. The summed E-state index contributed by atoms with van der Waals surface area (Å²) in [5.41, 5.74) is 2.20. The summed E-state index contributed by atoms with van der Waals surface area (Å²) in [4.78, 5) is 16.9. The molecule has 0 bridgehead atoms. The minimum atomic E-state index is -0.0372. The second-order valence-corrected chi connectivity index (χ2v) is 6.77. The number of hydrogen-bond acceptors (Lipinski definition) is 5. The van der Waals surface area contributed by atoms with Gasteiger partial charge >= 0.3 is 0 Å². The van der Waals surface area contributed by atoms with E-state index in [1.54, 1.807) is 12.0 Å². The van der Waals surface area contributed by atoms with E-state index >= 15 is 0 Å². The smallest absolute Gasteiger partial charge is 0.266 e. The first-order valence-corrected chi connectivity index (χ1v) is 8.92. The van der Waals surface area contributed by atoms with Crippen LogP contribution in [-0.4, -0.2) is 48.5 Å². The number of methoxy groups -OCH3 is 1. The van der Waals surface area contributed by atoms with Crippen molar-refractivity contribution < 1.29 is 9.53 Å². The fourth-order valence-electron chi connectivity index (χ4n) is 2.40. The molecule has 0 aromatic heterocycles. The van der Waals surface area contributed by atoms with E-state index in [-0.39, 0.29) is 5.91 Å². The first-order valence-electron chi connectivity index (χ1n) is 7.70. The zero-order chi connectivity index (χ0) is 16.8. The molecule has 0 radical (unpaired) electrons. The van der Waals surface area contributed by atoms with Gasteiger partial charge in [-0.15, -0.1) is 0 Å². The fraction of sp³-hybridized carbons (Fsp3) is 0.412. The van der Waals surface area contributed by atoms with E-state index in [2.05, 4.69) is 30.9 Å². The van der Waals surface area contributed by atoms with E-state index in [1.165, 1.54) is 17.4 Å². The average molecular weight is 351 g/mol. The van der Waals surface area contributed by atoms with Crippen LogP contribution in [0, 0.1) is 0 Å². The molecule has 0 N–H and O–H groups in total. The maximum Gasteiger partial charge on any atom is 0.266 e. The van der Waals surface area contributed by atoms with Gasteiger partial charge in [0.25, 0.3) is 5.91 Å². The summed E-state index contributed by atoms with van der Waals surface area (Å²) >= 11 is 6.63. The molecule has 1 aliphatic rings. The molecule has 1 heterocycles. The molecular formula is C17H22N2O2S2. The Bertz CT molecular complexity index is 595. The molecule has 0 aliphatic carbocycles. The number of carbonyl (C=O) groups is 1. The third-order valence-electron chi connectivity index (χ3n) is 3.71. The molecule has 1 fully saturated rings. The predicted molar refractivity (Wildman–Crippen MR) is 102 cm³/mol. The average Bonchev–Trinajstić information content (AvgIpc) is 2.82. The first-order chi connectivity index (χ1) is 11.1. The van der Waals surface area contributed by atoms with Crippen molar-refractivity contribution in [3.63, 3.8) is 0 Å². The number of thiocarbonyl (C=S) groups is 1. The van der Waals surface area contributed by atoms with E-state index in [1.807, 2.05) is 18.2 Å². The number of amides is 1. The summed E-state index contributed by atoms with van der Waals surface area (Å²) < 4.78 is 5.62. The molecule has 6 heteroatoms. The molecule has 1 aromatic rings. The van der Waals surface area contributed by atoms with Crippen molar-refractivity contribution in [3.8, 4) is 0 Å². The number of nitrogens with zero attached hydrogens (tertiary/aromatic N) is 2. The summed E-state index contributed by atoms with van der Waals surface area (Å²) in [7, 11) is 1.62. The Morgan fingerprint density at radius 3 is 2.48 bits per heavy atom. The summed E-state index contributed by atoms with van der Waals surface area (Å²) in [6.45, 7) is 7.23. The Kier molecular flexibility index (Phi) is 6.62. The molecular weight excluding hydrogens is 328 g/mol. The Morgan fingerprint density at radius 2 is 1.91 bits per heavy atom. The number of hydrogen-bond donors (Lipinski definition) is 0. The standard InChI is InChI=1S/C17H22N2O2S2/c1-4-18(5-2)14-8-6-13(7-9-14)12-15-16(20)19(10-11-21-3)17(22)23-15/h6-9,12H,4-5,10-11H2,1-3H3. The van der Waals surface area contributed by atoms with E-state index in [0.29, 0.717) is 22.4 Å². The monoisotopic (exact) mass is 350 g/mol. The number of benzene rings is 1. The first kappa shape index (κ1) is 18.0. The minimum absolute atomic E-state index is 0.0372. The maximum absolute atomic E-state index is 12.4. The second kappa shape index (κ2) is 8.47. The van der Waals surface area contributed by atoms with Gasteiger partial charge in [0.2, 0.25) is 0 Å². The van der Waals surface area contributed by atoms with Crippen molar-refractivity contribution in [2.24, 2.45) is 0 Å². The molecule has 0 saturated carbocycles. The quantitative estimate of drug-likeness (QED) is 0.556. The van der Waals surface area contributed by atoms with Gasteiger partial charge in [0.05, 0.1) is 18.1 Å². The number of ether oxygens (including phenoxy) is 1. The highest BCUT2D eigenvalue weighted by Crippen LogP contribution is 2.32. The van der Waals surface area contributed by atoms with Crippen LogP contribution in [0.1, 0.15) is 19.4 Å². The van der Waals surface area contributed by atoms with Gasteiger partial charge in [0, 0.05) is 25.9 Å². The second-order valence-electron chi connectivity index (χ2n) is 5.09. The van der Waals surface area contributed by atoms with Gasteiger partial charge in [-0.3, -0.25) is 9.69 Å². The van der Waals surface area contributed by atoms with Gasteiger partial charge in [-0.2, -0.15) is 0 Å². The predicted octanol–water partition coefficient (Wildman–Crippen LogP) is 3.38. The van der Waals surface area contributed by atoms with E-state index in [4.69, 9.17) is 17.0 Å². The van der Waals surface area contributed by atoms with Crippen molar-refractivity contribution >= 4 is 46.0 Å². The lowest BCUT2D eigenvalue weighted by molar-refractivity contribution is -0.122. The summed E-state index contributed by atoms with van der Waals surface area (Å²) in [5, 5.41) is 0. The van der Waals surface area contributed by atoms with Crippen LogP contribution >= 0.6 is 24.0 Å². The lowest BCUT2D eigenvalue weighted by Gasteiger charge is -2.20. The lowest BCUT2D eigenvalue weighted by atomic mass is 10.1. The molecule has 1 amide bonds. The van der Waals surface area contributed by atoms with Crippen LogP contribution < -0.4 is 4.90 Å². The zero-order valence-electron chi connectivity index (χ0n) is 13.7. The number of rotatable bonds is 7. The van der Waals surface area contributed by atoms with E-state index < -0.39 is 0 Å². The van der Waals surface area contributed by atoms with Gasteiger partial charge in [-0.25, -0.2) is 0 Å². The van der Waals surface area contributed by atoms with Gasteiger partial charge in [-0.05, 0) is 37.6 Å².